The van der Waals surface area contributed by atoms with Gasteiger partial charge in [-0.15, -0.1) is 0 Å². The third-order valence-electron chi connectivity index (χ3n) is 3.19. The molecule has 1 aromatic heterocycles. The number of aromatic nitrogens is 1. The van der Waals surface area contributed by atoms with Crippen LogP contribution in [0.3, 0.4) is 0 Å². The molecule has 1 aliphatic heterocycles. The molecule has 0 bridgehead atoms. The molecule has 4 heteroatoms. The molecule has 0 aliphatic carbocycles. The predicted molar refractivity (Wildman–Crippen MR) is 65.9 cm³/mol. The second-order valence-electron chi connectivity index (χ2n) is 4.79. The Morgan fingerprint density at radius 3 is 2.94 bits per heavy atom. The number of hydrogen-bond donors (Lipinski definition) is 1. The minimum Gasteiger partial charge on any atom is -0.481 e. The minimum atomic E-state index is -0.468. The normalized spacial score (nSPS) is 18.8. The van der Waals surface area contributed by atoms with Gasteiger partial charge in [-0.3, -0.25) is 4.90 Å². The average molecular weight is 236 g/mol. The van der Waals surface area contributed by atoms with Gasteiger partial charge in [0.15, 0.2) is 0 Å². The monoisotopic (exact) mass is 236 g/mol. The summed E-state index contributed by atoms with van der Waals surface area (Å²) < 4.78 is 5.21. The Morgan fingerprint density at radius 1 is 1.53 bits per heavy atom. The standard InChI is InChI=1S/C13H20N2O2/c1-3-6-13(16)9-15(10-13)8-11-5-4-7-14-12(11)17-2/h4-5,7,16H,3,6,8-10H2,1-2H3. The Morgan fingerprint density at radius 2 is 2.29 bits per heavy atom. The third-order valence-corrected chi connectivity index (χ3v) is 3.19. The summed E-state index contributed by atoms with van der Waals surface area (Å²) in [6.07, 6.45) is 3.64. The van der Waals surface area contributed by atoms with Gasteiger partial charge in [-0.25, -0.2) is 4.98 Å². The molecule has 1 N–H and O–H groups in total. The van der Waals surface area contributed by atoms with Gasteiger partial charge in [-0.05, 0) is 12.5 Å². The summed E-state index contributed by atoms with van der Waals surface area (Å²) in [7, 11) is 1.63. The summed E-state index contributed by atoms with van der Waals surface area (Å²) in [5, 5.41) is 10.1. The number of nitrogens with zero attached hydrogens (tertiary/aromatic N) is 2. The van der Waals surface area contributed by atoms with Crippen LogP contribution in [0.25, 0.3) is 0 Å². The fourth-order valence-electron chi connectivity index (χ4n) is 2.49. The van der Waals surface area contributed by atoms with Gasteiger partial charge in [-0.2, -0.15) is 0 Å². The van der Waals surface area contributed by atoms with Crippen molar-refractivity contribution >= 4 is 0 Å². The molecule has 0 unspecified atom stereocenters. The highest BCUT2D eigenvalue weighted by atomic mass is 16.5. The Balaban J connectivity index is 1.91. The highest BCUT2D eigenvalue weighted by molar-refractivity contribution is 5.25. The first-order valence-corrected chi connectivity index (χ1v) is 6.09. The number of aliphatic hydroxyl groups is 1. The smallest absolute Gasteiger partial charge is 0.217 e. The van der Waals surface area contributed by atoms with Gasteiger partial charge in [0.05, 0.1) is 12.7 Å². The Hall–Kier alpha value is -1.13. The summed E-state index contributed by atoms with van der Waals surface area (Å²) in [5.74, 6) is 0.679. The van der Waals surface area contributed by atoms with E-state index in [9.17, 15) is 5.11 Å². The van der Waals surface area contributed by atoms with E-state index in [0.29, 0.717) is 5.88 Å². The molecule has 0 radical (unpaired) electrons. The van der Waals surface area contributed by atoms with Crippen molar-refractivity contribution in [2.24, 2.45) is 0 Å². The quantitative estimate of drug-likeness (QED) is 0.840. The van der Waals surface area contributed by atoms with Crippen LogP contribution in [0.1, 0.15) is 25.3 Å². The fourth-order valence-corrected chi connectivity index (χ4v) is 2.49. The van der Waals surface area contributed by atoms with E-state index >= 15 is 0 Å². The fraction of sp³-hybridized carbons (Fsp3) is 0.615. The SMILES string of the molecule is CCCC1(O)CN(Cc2cccnc2OC)C1. The molecule has 0 saturated carbocycles. The summed E-state index contributed by atoms with van der Waals surface area (Å²) in [6.45, 7) is 4.39. The summed E-state index contributed by atoms with van der Waals surface area (Å²) >= 11 is 0. The van der Waals surface area contributed by atoms with E-state index in [4.69, 9.17) is 4.74 Å². The number of ether oxygens (including phenoxy) is 1. The van der Waals surface area contributed by atoms with E-state index in [1.54, 1.807) is 13.3 Å². The lowest BCUT2D eigenvalue weighted by Crippen LogP contribution is -2.60. The Labute approximate surface area is 102 Å². The molecule has 2 rings (SSSR count). The van der Waals surface area contributed by atoms with Gasteiger partial charge < -0.3 is 9.84 Å². The van der Waals surface area contributed by atoms with Gasteiger partial charge >= 0.3 is 0 Å². The zero-order chi connectivity index (χ0) is 12.3. The molecule has 94 valence electrons. The van der Waals surface area contributed by atoms with Gasteiger partial charge in [0.25, 0.3) is 0 Å². The molecule has 1 saturated heterocycles. The lowest BCUT2D eigenvalue weighted by Gasteiger charge is -2.46. The molecule has 0 amide bonds. The summed E-state index contributed by atoms with van der Waals surface area (Å²) in [4.78, 5) is 6.39. The van der Waals surface area contributed by atoms with Crippen LogP contribution in [0.2, 0.25) is 0 Å². The van der Waals surface area contributed by atoms with Crippen molar-refractivity contribution < 1.29 is 9.84 Å². The van der Waals surface area contributed by atoms with Crippen molar-refractivity contribution in [3.8, 4) is 5.88 Å². The second-order valence-corrected chi connectivity index (χ2v) is 4.79. The molecule has 1 fully saturated rings. The van der Waals surface area contributed by atoms with Crippen LogP contribution in [-0.4, -0.2) is 40.8 Å². The van der Waals surface area contributed by atoms with Crippen molar-refractivity contribution in [3.63, 3.8) is 0 Å². The van der Waals surface area contributed by atoms with Gasteiger partial charge in [-0.1, -0.05) is 19.4 Å². The predicted octanol–water partition coefficient (Wildman–Crippen LogP) is 1.44. The van der Waals surface area contributed by atoms with Gasteiger partial charge in [0, 0.05) is 31.4 Å². The van der Waals surface area contributed by atoms with Crippen molar-refractivity contribution in [1.29, 1.82) is 0 Å². The second kappa shape index (κ2) is 5.02. The molecule has 1 aromatic rings. The third kappa shape index (κ3) is 2.76. The van der Waals surface area contributed by atoms with Crippen LogP contribution >= 0.6 is 0 Å². The Kier molecular flexibility index (Phi) is 3.64. The van der Waals surface area contributed by atoms with Crippen molar-refractivity contribution in [3.05, 3.63) is 23.9 Å². The maximum absolute atomic E-state index is 10.1. The highest BCUT2D eigenvalue weighted by Gasteiger charge is 2.40. The number of likely N-dealkylation sites (tertiary alicyclic amines) is 1. The van der Waals surface area contributed by atoms with E-state index in [1.807, 2.05) is 12.1 Å². The molecule has 0 spiro atoms. The zero-order valence-electron chi connectivity index (χ0n) is 10.5. The van der Waals surface area contributed by atoms with Gasteiger partial charge in [0.2, 0.25) is 5.88 Å². The Bertz CT molecular complexity index is 375. The minimum absolute atomic E-state index is 0.468. The topological polar surface area (TPSA) is 45.6 Å². The van der Waals surface area contributed by atoms with E-state index in [1.165, 1.54) is 0 Å². The summed E-state index contributed by atoms with van der Waals surface area (Å²) in [6, 6.07) is 3.93. The van der Waals surface area contributed by atoms with Crippen LogP contribution < -0.4 is 4.74 Å². The number of methoxy groups -OCH3 is 1. The lowest BCUT2D eigenvalue weighted by atomic mass is 9.89. The maximum atomic E-state index is 10.1. The highest BCUT2D eigenvalue weighted by Crippen LogP contribution is 2.28. The first-order valence-electron chi connectivity index (χ1n) is 6.09. The van der Waals surface area contributed by atoms with E-state index < -0.39 is 5.60 Å². The molecule has 2 heterocycles. The molecule has 1 aliphatic rings. The summed E-state index contributed by atoms with van der Waals surface area (Å²) in [5.41, 5.74) is 0.609. The first-order chi connectivity index (χ1) is 8.17. The largest absolute Gasteiger partial charge is 0.481 e. The van der Waals surface area contributed by atoms with Crippen LogP contribution in [0, 0.1) is 0 Å². The average Bonchev–Trinajstić information content (AvgIpc) is 2.28. The molecule has 4 nitrogen and oxygen atoms in total. The van der Waals surface area contributed by atoms with E-state index in [0.717, 1.165) is 38.0 Å². The van der Waals surface area contributed by atoms with E-state index in [2.05, 4.69) is 16.8 Å². The number of rotatable bonds is 5. The van der Waals surface area contributed by atoms with Gasteiger partial charge in [0.1, 0.15) is 0 Å². The first kappa shape index (κ1) is 12.3. The van der Waals surface area contributed by atoms with Crippen molar-refractivity contribution in [2.45, 2.75) is 31.9 Å². The maximum Gasteiger partial charge on any atom is 0.217 e. The number of β-amino-alcohol motifs (C(OH)–C–C–N with tert-alkyl or cyclic N) is 1. The van der Waals surface area contributed by atoms with Crippen LogP contribution in [0.4, 0.5) is 0 Å². The van der Waals surface area contributed by atoms with Crippen LogP contribution in [0.15, 0.2) is 18.3 Å². The van der Waals surface area contributed by atoms with Crippen molar-refractivity contribution in [1.82, 2.24) is 9.88 Å². The van der Waals surface area contributed by atoms with Crippen LogP contribution in [0.5, 0.6) is 5.88 Å². The van der Waals surface area contributed by atoms with Crippen LogP contribution in [-0.2, 0) is 6.54 Å². The molecular formula is C13H20N2O2. The number of hydrogen-bond acceptors (Lipinski definition) is 4. The lowest BCUT2D eigenvalue weighted by molar-refractivity contribution is -0.106. The van der Waals surface area contributed by atoms with Crippen molar-refractivity contribution in [2.75, 3.05) is 20.2 Å². The molecule has 0 atom stereocenters. The van der Waals surface area contributed by atoms with E-state index in [-0.39, 0.29) is 0 Å². The molecular weight excluding hydrogens is 216 g/mol. The molecule has 17 heavy (non-hydrogen) atoms. The zero-order valence-corrected chi connectivity index (χ0v) is 10.5. The molecule has 0 aromatic carbocycles. The number of pyridine rings is 1.